The van der Waals surface area contributed by atoms with Gasteiger partial charge in [-0.05, 0) is 58.8 Å². The topological polar surface area (TPSA) is 74.2 Å². The summed E-state index contributed by atoms with van der Waals surface area (Å²) < 4.78 is 11.6. The average Bonchev–Trinajstić information content (AvgIpc) is 2.96. The highest BCUT2D eigenvalue weighted by Gasteiger charge is 2.22. The van der Waals surface area contributed by atoms with Gasteiger partial charge >= 0.3 is 0 Å². The lowest BCUT2D eigenvalue weighted by Crippen LogP contribution is -2.06. The second kappa shape index (κ2) is 5.54. The van der Waals surface area contributed by atoms with Crippen LogP contribution in [-0.4, -0.2) is 17.3 Å². The van der Waals surface area contributed by atoms with Gasteiger partial charge in [0.15, 0.2) is 0 Å². The number of aryl methyl sites for hydroxylation is 1. The maximum Gasteiger partial charge on any atom is 0.240 e. The summed E-state index contributed by atoms with van der Waals surface area (Å²) in [5.41, 5.74) is 9.03. The van der Waals surface area contributed by atoms with Gasteiger partial charge in [0.25, 0.3) is 0 Å². The molecule has 1 aliphatic carbocycles. The molecule has 1 aromatic carbocycles. The van der Waals surface area contributed by atoms with Crippen LogP contribution in [0.1, 0.15) is 29.9 Å². The molecule has 0 saturated carbocycles. The van der Waals surface area contributed by atoms with Crippen molar-refractivity contribution in [3.63, 3.8) is 0 Å². The summed E-state index contributed by atoms with van der Waals surface area (Å²) in [6.45, 7) is 0.238. The normalized spacial score (nSPS) is 14.2. The van der Waals surface area contributed by atoms with Crippen molar-refractivity contribution in [1.29, 1.82) is 0 Å². The van der Waals surface area contributed by atoms with E-state index in [0.717, 1.165) is 28.6 Å². The largest absolute Gasteiger partial charge is 0.495 e. The second-order valence-electron chi connectivity index (χ2n) is 4.83. The first-order valence-electron chi connectivity index (χ1n) is 6.66. The molecule has 1 aromatic heterocycles. The quantitative estimate of drug-likeness (QED) is 0.931. The van der Waals surface area contributed by atoms with Gasteiger partial charge in [-0.25, -0.2) is 0 Å². The fourth-order valence-electron chi connectivity index (χ4n) is 2.65. The molecule has 6 heteroatoms. The number of methoxy groups -OCH3 is 1. The Balaban J connectivity index is 2.16. The maximum atomic E-state index is 5.54. The molecule has 106 valence electrons. The van der Waals surface area contributed by atoms with Crippen molar-refractivity contribution in [3.05, 3.63) is 27.6 Å². The van der Waals surface area contributed by atoms with Gasteiger partial charge in [0.2, 0.25) is 11.7 Å². The molecule has 20 heavy (non-hydrogen) atoms. The fraction of sp³-hybridized carbons (Fsp3) is 0.429. The van der Waals surface area contributed by atoms with Gasteiger partial charge in [-0.15, -0.1) is 0 Å². The number of fused-ring (bicyclic) bond motifs is 1. The average molecular weight is 338 g/mol. The van der Waals surface area contributed by atoms with Crippen molar-refractivity contribution < 1.29 is 9.26 Å². The third-order valence-corrected chi connectivity index (χ3v) is 4.46. The van der Waals surface area contributed by atoms with Crippen molar-refractivity contribution in [2.45, 2.75) is 32.2 Å². The van der Waals surface area contributed by atoms with E-state index in [9.17, 15) is 0 Å². The van der Waals surface area contributed by atoms with Gasteiger partial charge in [-0.1, -0.05) is 5.16 Å². The van der Waals surface area contributed by atoms with Crippen LogP contribution in [-0.2, 0) is 19.4 Å². The van der Waals surface area contributed by atoms with Gasteiger partial charge < -0.3 is 15.0 Å². The van der Waals surface area contributed by atoms with Crippen LogP contribution in [0.3, 0.4) is 0 Å². The highest BCUT2D eigenvalue weighted by Crippen LogP contribution is 2.41. The summed E-state index contributed by atoms with van der Waals surface area (Å²) in [6, 6.07) is 2.11. The van der Waals surface area contributed by atoms with Gasteiger partial charge in [-0.2, -0.15) is 4.98 Å². The van der Waals surface area contributed by atoms with Crippen LogP contribution in [0, 0.1) is 0 Å². The van der Waals surface area contributed by atoms with Crippen molar-refractivity contribution in [1.82, 2.24) is 10.1 Å². The van der Waals surface area contributed by atoms with Crippen molar-refractivity contribution in [3.8, 4) is 17.1 Å². The van der Waals surface area contributed by atoms with Crippen LogP contribution < -0.4 is 10.5 Å². The molecular formula is C14H16BrN3O2. The van der Waals surface area contributed by atoms with E-state index in [0.29, 0.717) is 11.7 Å². The van der Waals surface area contributed by atoms with Crippen LogP contribution in [0.2, 0.25) is 0 Å². The SMILES string of the molecule is COc1c(-c2noc(CN)n2)cc2c(c1Br)CCCC2. The van der Waals surface area contributed by atoms with Gasteiger partial charge in [-0.3, -0.25) is 0 Å². The molecule has 0 radical (unpaired) electrons. The minimum absolute atomic E-state index is 0.238. The Labute approximate surface area is 125 Å². The van der Waals surface area contributed by atoms with Crippen LogP contribution in [0.15, 0.2) is 15.1 Å². The summed E-state index contributed by atoms with van der Waals surface area (Å²) in [5.74, 6) is 1.71. The van der Waals surface area contributed by atoms with Crippen LogP contribution in [0.5, 0.6) is 5.75 Å². The molecule has 0 amide bonds. The van der Waals surface area contributed by atoms with E-state index < -0.39 is 0 Å². The predicted molar refractivity (Wildman–Crippen MR) is 78.5 cm³/mol. The molecule has 0 spiro atoms. The molecule has 1 heterocycles. The summed E-state index contributed by atoms with van der Waals surface area (Å²) in [7, 11) is 1.66. The fourth-order valence-corrected chi connectivity index (χ4v) is 3.47. The van der Waals surface area contributed by atoms with E-state index >= 15 is 0 Å². The number of nitrogens with zero attached hydrogens (tertiary/aromatic N) is 2. The van der Waals surface area contributed by atoms with E-state index in [-0.39, 0.29) is 6.54 Å². The zero-order valence-corrected chi connectivity index (χ0v) is 12.9. The smallest absolute Gasteiger partial charge is 0.240 e. The highest BCUT2D eigenvalue weighted by atomic mass is 79.9. The predicted octanol–water partition coefficient (Wildman–Crippen LogP) is 2.85. The van der Waals surface area contributed by atoms with E-state index in [1.165, 1.54) is 24.0 Å². The lowest BCUT2D eigenvalue weighted by atomic mass is 9.89. The minimum Gasteiger partial charge on any atom is -0.495 e. The maximum absolute atomic E-state index is 5.54. The summed E-state index contributed by atoms with van der Waals surface area (Å²) >= 11 is 3.66. The second-order valence-corrected chi connectivity index (χ2v) is 5.62. The number of hydrogen-bond donors (Lipinski definition) is 1. The number of benzene rings is 1. The van der Waals surface area contributed by atoms with Gasteiger partial charge in [0, 0.05) is 0 Å². The van der Waals surface area contributed by atoms with E-state index in [1.807, 2.05) is 0 Å². The summed E-state index contributed by atoms with van der Waals surface area (Å²) in [4.78, 5) is 4.29. The van der Waals surface area contributed by atoms with Gasteiger partial charge in [0.05, 0.1) is 23.7 Å². The summed E-state index contributed by atoms with van der Waals surface area (Å²) in [6.07, 6.45) is 4.58. The zero-order valence-electron chi connectivity index (χ0n) is 11.3. The molecule has 2 N–H and O–H groups in total. The third-order valence-electron chi connectivity index (χ3n) is 3.63. The molecule has 3 rings (SSSR count). The summed E-state index contributed by atoms with van der Waals surface area (Å²) in [5, 5.41) is 3.99. The molecule has 0 unspecified atom stereocenters. The molecule has 2 aromatic rings. The molecule has 1 aliphatic rings. The lowest BCUT2D eigenvalue weighted by molar-refractivity contribution is 0.379. The Bertz CT molecular complexity index is 640. The lowest BCUT2D eigenvalue weighted by Gasteiger charge is -2.20. The van der Waals surface area contributed by atoms with Crippen molar-refractivity contribution in [2.75, 3.05) is 7.11 Å². The number of aromatic nitrogens is 2. The Hall–Kier alpha value is -1.40. The zero-order chi connectivity index (χ0) is 14.1. The number of hydrogen-bond acceptors (Lipinski definition) is 5. The Morgan fingerprint density at radius 1 is 1.40 bits per heavy atom. The molecule has 0 fully saturated rings. The van der Waals surface area contributed by atoms with Gasteiger partial charge in [0.1, 0.15) is 5.75 Å². The Kier molecular flexibility index (Phi) is 3.76. The molecular weight excluding hydrogens is 322 g/mol. The van der Waals surface area contributed by atoms with Crippen LogP contribution in [0.4, 0.5) is 0 Å². The monoisotopic (exact) mass is 337 g/mol. The van der Waals surface area contributed by atoms with E-state index in [1.54, 1.807) is 7.11 Å². The first kappa shape index (κ1) is 13.6. The van der Waals surface area contributed by atoms with Crippen molar-refractivity contribution >= 4 is 15.9 Å². The molecule has 0 bridgehead atoms. The van der Waals surface area contributed by atoms with Crippen molar-refractivity contribution in [2.24, 2.45) is 5.73 Å². The minimum atomic E-state index is 0.238. The first-order valence-corrected chi connectivity index (χ1v) is 7.45. The molecule has 0 saturated heterocycles. The standard InChI is InChI=1S/C14H16BrN3O2/c1-19-13-10(14-17-11(7-16)20-18-14)6-8-4-2-3-5-9(8)12(13)15/h6H,2-5,7,16H2,1H3. The molecule has 5 nitrogen and oxygen atoms in total. The third kappa shape index (κ3) is 2.23. The number of rotatable bonds is 3. The Morgan fingerprint density at radius 2 is 2.20 bits per heavy atom. The van der Waals surface area contributed by atoms with Crippen LogP contribution >= 0.6 is 15.9 Å². The van der Waals surface area contributed by atoms with Crippen LogP contribution in [0.25, 0.3) is 11.4 Å². The number of halogens is 1. The number of ether oxygens (including phenoxy) is 1. The Morgan fingerprint density at radius 3 is 2.90 bits per heavy atom. The van der Waals surface area contributed by atoms with E-state index in [4.69, 9.17) is 15.0 Å². The highest BCUT2D eigenvalue weighted by molar-refractivity contribution is 9.10. The molecule has 0 aliphatic heterocycles. The molecule has 0 atom stereocenters. The number of nitrogens with two attached hydrogens (primary N) is 1. The first-order chi connectivity index (χ1) is 9.74. The van der Waals surface area contributed by atoms with E-state index in [2.05, 4.69) is 32.1 Å².